The minimum Gasteiger partial charge on any atom is -0.353 e. The molecule has 2 unspecified atom stereocenters. The van der Waals surface area contributed by atoms with E-state index in [0.29, 0.717) is 31.1 Å². The molecule has 0 radical (unpaired) electrons. The number of rotatable bonds is 4. The van der Waals surface area contributed by atoms with Crippen LogP contribution in [-0.2, 0) is 11.3 Å². The standard InChI is InChI=1S/C15H24N4O/c1-11-9-16-19(10-11)6-5-15(20)17-12-7-13-3-4-14(8-12)18(13)2/h9-10,12-14H,3-8H2,1-2H3,(H,17,20). The number of hydrogen-bond donors (Lipinski definition) is 1. The molecule has 2 atom stereocenters. The molecule has 1 aromatic heterocycles. The lowest BCUT2D eigenvalue weighted by Gasteiger charge is -2.36. The molecule has 5 heteroatoms. The molecule has 110 valence electrons. The number of nitrogens with one attached hydrogen (secondary N) is 1. The van der Waals surface area contributed by atoms with Gasteiger partial charge in [-0.1, -0.05) is 0 Å². The quantitative estimate of drug-likeness (QED) is 0.902. The largest absolute Gasteiger partial charge is 0.353 e. The van der Waals surface area contributed by atoms with Crippen LogP contribution in [0.5, 0.6) is 0 Å². The Morgan fingerprint density at radius 2 is 2.10 bits per heavy atom. The van der Waals surface area contributed by atoms with Gasteiger partial charge in [-0.25, -0.2) is 0 Å². The minimum atomic E-state index is 0.159. The highest BCUT2D eigenvalue weighted by atomic mass is 16.1. The van der Waals surface area contributed by atoms with E-state index in [1.807, 2.05) is 24.0 Å². The monoisotopic (exact) mass is 276 g/mol. The van der Waals surface area contributed by atoms with Crippen molar-refractivity contribution < 1.29 is 4.79 Å². The number of carbonyl (C=O) groups excluding carboxylic acids is 1. The molecule has 2 bridgehead atoms. The molecule has 3 heterocycles. The Balaban J connectivity index is 1.45. The van der Waals surface area contributed by atoms with Crippen LogP contribution in [0.1, 0.15) is 37.7 Å². The Kier molecular flexibility index (Phi) is 3.78. The van der Waals surface area contributed by atoms with E-state index in [1.165, 1.54) is 12.8 Å². The van der Waals surface area contributed by atoms with Gasteiger partial charge in [-0.15, -0.1) is 0 Å². The predicted octanol–water partition coefficient (Wildman–Crippen LogP) is 1.32. The summed E-state index contributed by atoms with van der Waals surface area (Å²) in [6.07, 6.45) is 9.12. The SMILES string of the molecule is Cc1cnn(CCC(=O)NC2CC3CCC(C2)N3C)c1. The molecule has 0 spiro atoms. The van der Waals surface area contributed by atoms with E-state index < -0.39 is 0 Å². The fourth-order valence-corrected chi connectivity index (χ4v) is 3.63. The first-order valence-electron chi connectivity index (χ1n) is 7.62. The average molecular weight is 276 g/mol. The van der Waals surface area contributed by atoms with Crippen molar-refractivity contribution in [2.75, 3.05) is 7.05 Å². The summed E-state index contributed by atoms with van der Waals surface area (Å²) in [5.74, 6) is 0.159. The molecule has 5 nitrogen and oxygen atoms in total. The molecule has 1 aromatic rings. The summed E-state index contributed by atoms with van der Waals surface area (Å²) < 4.78 is 1.84. The molecule has 1 amide bonds. The van der Waals surface area contributed by atoms with Crippen LogP contribution in [0.3, 0.4) is 0 Å². The molecule has 20 heavy (non-hydrogen) atoms. The molecule has 1 N–H and O–H groups in total. The van der Waals surface area contributed by atoms with Crippen molar-refractivity contribution >= 4 is 5.91 Å². The van der Waals surface area contributed by atoms with E-state index in [-0.39, 0.29) is 5.91 Å². The Morgan fingerprint density at radius 3 is 2.70 bits per heavy atom. The number of amides is 1. The highest BCUT2D eigenvalue weighted by Crippen LogP contribution is 2.34. The summed E-state index contributed by atoms with van der Waals surface area (Å²) in [4.78, 5) is 14.5. The van der Waals surface area contributed by atoms with Gasteiger partial charge < -0.3 is 10.2 Å². The first-order valence-corrected chi connectivity index (χ1v) is 7.62. The Morgan fingerprint density at radius 1 is 1.40 bits per heavy atom. The number of aromatic nitrogens is 2. The number of fused-ring (bicyclic) bond motifs is 2. The van der Waals surface area contributed by atoms with Gasteiger partial charge >= 0.3 is 0 Å². The van der Waals surface area contributed by atoms with Gasteiger partial charge in [0.1, 0.15) is 0 Å². The predicted molar refractivity (Wildman–Crippen MR) is 77.3 cm³/mol. The van der Waals surface area contributed by atoms with Crippen molar-refractivity contribution in [3.8, 4) is 0 Å². The van der Waals surface area contributed by atoms with Gasteiger partial charge in [0.2, 0.25) is 5.91 Å². The molecule has 0 aliphatic carbocycles. The van der Waals surface area contributed by atoms with E-state index in [1.54, 1.807) is 0 Å². The molecular formula is C15H24N4O. The van der Waals surface area contributed by atoms with Gasteiger partial charge in [0.05, 0.1) is 6.20 Å². The van der Waals surface area contributed by atoms with Gasteiger partial charge in [-0.2, -0.15) is 5.10 Å². The summed E-state index contributed by atoms with van der Waals surface area (Å²) in [7, 11) is 2.22. The summed E-state index contributed by atoms with van der Waals surface area (Å²) in [6, 6.07) is 1.72. The van der Waals surface area contributed by atoms with Crippen molar-refractivity contribution in [3.63, 3.8) is 0 Å². The zero-order valence-electron chi connectivity index (χ0n) is 12.4. The van der Waals surface area contributed by atoms with Crippen LogP contribution < -0.4 is 5.32 Å². The van der Waals surface area contributed by atoms with Crippen LogP contribution >= 0.6 is 0 Å². The highest BCUT2D eigenvalue weighted by Gasteiger charge is 2.38. The molecule has 2 saturated heterocycles. The van der Waals surface area contributed by atoms with Crippen molar-refractivity contribution in [1.29, 1.82) is 0 Å². The van der Waals surface area contributed by atoms with E-state index in [2.05, 4.69) is 22.4 Å². The normalized spacial score (nSPS) is 29.6. The van der Waals surface area contributed by atoms with Crippen LogP contribution in [0.25, 0.3) is 0 Å². The number of carbonyl (C=O) groups is 1. The van der Waals surface area contributed by atoms with Gasteiger partial charge in [0, 0.05) is 37.3 Å². The average Bonchev–Trinajstić information content (AvgIpc) is 2.89. The topological polar surface area (TPSA) is 50.2 Å². The third kappa shape index (κ3) is 2.87. The summed E-state index contributed by atoms with van der Waals surface area (Å²) >= 11 is 0. The van der Waals surface area contributed by atoms with Gasteiger partial charge in [0.25, 0.3) is 0 Å². The zero-order valence-corrected chi connectivity index (χ0v) is 12.4. The Bertz CT molecular complexity index is 470. The lowest BCUT2D eigenvalue weighted by atomic mass is 9.98. The first kappa shape index (κ1) is 13.6. The van der Waals surface area contributed by atoms with Crippen LogP contribution in [-0.4, -0.2) is 45.8 Å². The molecule has 2 fully saturated rings. The van der Waals surface area contributed by atoms with Crippen molar-refractivity contribution in [2.24, 2.45) is 0 Å². The molecular weight excluding hydrogens is 252 g/mol. The molecule has 2 aliphatic rings. The number of nitrogens with zero attached hydrogens (tertiary/aromatic N) is 3. The van der Waals surface area contributed by atoms with E-state index in [4.69, 9.17) is 0 Å². The smallest absolute Gasteiger partial charge is 0.222 e. The van der Waals surface area contributed by atoms with E-state index in [9.17, 15) is 4.79 Å². The summed E-state index contributed by atoms with van der Waals surface area (Å²) in [5.41, 5.74) is 1.14. The highest BCUT2D eigenvalue weighted by molar-refractivity contribution is 5.76. The van der Waals surface area contributed by atoms with Crippen LogP contribution in [0, 0.1) is 6.92 Å². The van der Waals surface area contributed by atoms with Crippen LogP contribution in [0.4, 0.5) is 0 Å². The fraction of sp³-hybridized carbons (Fsp3) is 0.733. The maximum absolute atomic E-state index is 12.0. The van der Waals surface area contributed by atoms with Crippen molar-refractivity contribution in [1.82, 2.24) is 20.0 Å². The summed E-state index contributed by atoms with van der Waals surface area (Å²) in [6.45, 7) is 2.68. The Hall–Kier alpha value is -1.36. The second-order valence-electron chi connectivity index (χ2n) is 6.32. The van der Waals surface area contributed by atoms with Crippen molar-refractivity contribution in [2.45, 2.75) is 63.7 Å². The maximum atomic E-state index is 12.0. The first-order chi connectivity index (χ1) is 9.61. The van der Waals surface area contributed by atoms with Crippen molar-refractivity contribution in [3.05, 3.63) is 18.0 Å². The minimum absolute atomic E-state index is 0.159. The van der Waals surface area contributed by atoms with Gasteiger partial charge in [-0.3, -0.25) is 9.48 Å². The van der Waals surface area contributed by atoms with E-state index >= 15 is 0 Å². The number of piperidine rings is 1. The fourth-order valence-electron chi connectivity index (χ4n) is 3.63. The second-order valence-corrected chi connectivity index (χ2v) is 6.32. The van der Waals surface area contributed by atoms with Crippen LogP contribution in [0.15, 0.2) is 12.4 Å². The maximum Gasteiger partial charge on any atom is 0.222 e. The van der Waals surface area contributed by atoms with E-state index in [0.717, 1.165) is 18.4 Å². The van der Waals surface area contributed by atoms with Gasteiger partial charge in [-0.05, 0) is 45.2 Å². The molecule has 0 saturated carbocycles. The molecule has 2 aliphatic heterocycles. The Labute approximate surface area is 120 Å². The molecule has 3 rings (SSSR count). The lowest BCUT2D eigenvalue weighted by Crippen LogP contribution is -2.48. The third-order valence-electron chi connectivity index (χ3n) is 4.79. The summed E-state index contributed by atoms with van der Waals surface area (Å²) in [5, 5.41) is 7.42. The van der Waals surface area contributed by atoms with Gasteiger partial charge in [0.15, 0.2) is 0 Å². The third-order valence-corrected chi connectivity index (χ3v) is 4.79. The molecule has 0 aromatic carbocycles. The lowest BCUT2D eigenvalue weighted by molar-refractivity contribution is -0.122. The number of hydrogen-bond acceptors (Lipinski definition) is 3. The second kappa shape index (κ2) is 5.56. The van der Waals surface area contributed by atoms with Crippen LogP contribution in [0.2, 0.25) is 0 Å². The number of aryl methyl sites for hydroxylation is 2. The zero-order chi connectivity index (χ0) is 14.1.